The van der Waals surface area contributed by atoms with Crippen LogP contribution in [0.2, 0.25) is 0 Å². The first-order valence-electron chi connectivity index (χ1n) is 9.89. The minimum Gasteiger partial charge on any atom is -0.510 e. The third-order valence-electron chi connectivity index (χ3n) is 5.67. The number of fused-ring (bicyclic) bond motifs is 2. The number of amides is 1. The summed E-state index contributed by atoms with van der Waals surface area (Å²) < 4.78 is 16.4. The number of carbonyl (C=O) groups is 1. The standard InChI is InChI=1S/C23H29NO5S2/c1-13(25)24-17-8-7-14-11-18(27-2)21(28-3)22(29-4)20(14)15-9-10-23(30-5,31-6)19(26)12-16(15)17/h9-12,17,26H,7-8H2,1-6H3,(H,24,25)/t17-/m0/s1. The molecule has 0 fully saturated rings. The van der Waals surface area contributed by atoms with Crippen molar-refractivity contribution in [3.8, 4) is 17.2 Å². The van der Waals surface area contributed by atoms with Crippen LogP contribution in [0.5, 0.6) is 17.2 Å². The van der Waals surface area contributed by atoms with E-state index in [1.807, 2.05) is 30.7 Å². The van der Waals surface area contributed by atoms with Crippen molar-refractivity contribution in [1.29, 1.82) is 0 Å². The molecule has 0 aromatic heterocycles. The Kier molecular flexibility index (Phi) is 7.21. The van der Waals surface area contributed by atoms with E-state index in [1.165, 1.54) is 6.92 Å². The minimum absolute atomic E-state index is 0.118. The molecule has 168 valence electrons. The van der Waals surface area contributed by atoms with Gasteiger partial charge in [0.1, 0.15) is 9.84 Å². The molecule has 1 aromatic rings. The number of hydrogen-bond donors (Lipinski definition) is 2. The number of methoxy groups -OCH3 is 3. The summed E-state index contributed by atoms with van der Waals surface area (Å²) in [6.45, 7) is 1.51. The number of hydrogen-bond acceptors (Lipinski definition) is 7. The summed E-state index contributed by atoms with van der Waals surface area (Å²) in [7, 11) is 4.79. The van der Waals surface area contributed by atoms with Gasteiger partial charge in [-0.15, -0.1) is 23.5 Å². The Hall–Kier alpha value is -2.19. The number of aryl methyl sites for hydroxylation is 1. The molecule has 6 nitrogen and oxygen atoms in total. The lowest BCUT2D eigenvalue weighted by Gasteiger charge is -2.25. The number of benzene rings is 1. The third-order valence-corrected chi connectivity index (χ3v) is 8.58. The minimum atomic E-state index is -0.614. The van der Waals surface area contributed by atoms with Crippen LogP contribution in [0.15, 0.2) is 35.6 Å². The summed E-state index contributed by atoms with van der Waals surface area (Å²) in [5.41, 5.74) is 3.66. The summed E-state index contributed by atoms with van der Waals surface area (Å²) in [4.78, 5) is 12.0. The van der Waals surface area contributed by atoms with Crippen molar-refractivity contribution in [3.63, 3.8) is 0 Å². The van der Waals surface area contributed by atoms with Gasteiger partial charge in [-0.3, -0.25) is 4.79 Å². The maximum Gasteiger partial charge on any atom is 0.217 e. The Morgan fingerprint density at radius 2 is 1.84 bits per heavy atom. The number of carbonyl (C=O) groups excluding carboxylic acids is 1. The van der Waals surface area contributed by atoms with Crippen LogP contribution in [0.4, 0.5) is 0 Å². The molecular weight excluding hydrogens is 434 g/mol. The van der Waals surface area contributed by atoms with Crippen LogP contribution >= 0.6 is 23.5 Å². The zero-order valence-electron chi connectivity index (χ0n) is 18.7. The van der Waals surface area contributed by atoms with Crippen LogP contribution in [0.25, 0.3) is 5.57 Å². The van der Waals surface area contributed by atoms with Gasteiger partial charge in [0.15, 0.2) is 11.5 Å². The fraction of sp³-hybridized carbons (Fsp3) is 0.435. The molecule has 0 saturated heterocycles. The Morgan fingerprint density at radius 1 is 1.16 bits per heavy atom. The SMILES string of the molecule is COc1cc2c(c(OC)c1OC)C1=C(C=C(O)C(SC)(SC)C=C1)[C@@H](NC(C)=O)CC2. The maximum atomic E-state index is 12.0. The molecular formula is C23H29NO5S2. The van der Waals surface area contributed by atoms with Gasteiger partial charge in [-0.05, 0) is 54.2 Å². The summed E-state index contributed by atoms with van der Waals surface area (Å²) in [5, 5.41) is 14.1. The predicted octanol–water partition coefficient (Wildman–Crippen LogP) is 4.35. The van der Waals surface area contributed by atoms with E-state index in [-0.39, 0.29) is 17.7 Å². The van der Waals surface area contributed by atoms with Crippen molar-refractivity contribution in [2.75, 3.05) is 33.8 Å². The topological polar surface area (TPSA) is 77.0 Å². The zero-order chi connectivity index (χ0) is 22.8. The van der Waals surface area contributed by atoms with Crippen molar-refractivity contribution >= 4 is 35.0 Å². The van der Waals surface area contributed by atoms with Crippen LogP contribution in [0, 0.1) is 0 Å². The lowest BCUT2D eigenvalue weighted by molar-refractivity contribution is -0.119. The molecule has 0 radical (unpaired) electrons. The number of thioether (sulfide) groups is 2. The molecule has 3 rings (SSSR count). The van der Waals surface area contributed by atoms with E-state index in [9.17, 15) is 9.90 Å². The molecule has 31 heavy (non-hydrogen) atoms. The number of aliphatic hydroxyl groups is 1. The van der Waals surface area contributed by atoms with E-state index in [4.69, 9.17) is 14.2 Å². The van der Waals surface area contributed by atoms with Crippen molar-refractivity contribution in [2.45, 2.75) is 29.9 Å². The number of rotatable bonds is 6. The van der Waals surface area contributed by atoms with Gasteiger partial charge < -0.3 is 24.6 Å². The molecule has 2 aliphatic rings. The molecule has 0 spiro atoms. The maximum absolute atomic E-state index is 12.0. The van der Waals surface area contributed by atoms with Crippen molar-refractivity contribution < 1.29 is 24.1 Å². The van der Waals surface area contributed by atoms with E-state index in [0.717, 1.165) is 22.3 Å². The van der Waals surface area contributed by atoms with Crippen LogP contribution in [-0.2, 0) is 11.2 Å². The highest BCUT2D eigenvalue weighted by molar-refractivity contribution is 8.18. The average molecular weight is 464 g/mol. The number of nitrogens with one attached hydrogen (secondary N) is 1. The average Bonchev–Trinajstić information content (AvgIpc) is 2.99. The fourth-order valence-electron chi connectivity index (χ4n) is 4.19. The third kappa shape index (κ3) is 4.15. The smallest absolute Gasteiger partial charge is 0.217 e. The Bertz CT molecular complexity index is 963. The molecule has 0 bridgehead atoms. The first kappa shape index (κ1) is 23.5. The molecule has 0 unspecified atom stereocenters. The van der Waals surface area contributed by atoms with Gasteiger partial charge in [-0.1, -0.05) is 12.2 Å². The van der Waals surface area contributed by atoms with Gasteiger partial charge in [0, 0.05) is 12.5 Å². The van der Waals surface area contributed by atoms with E-state index >= 15 is 0 Å². The van der Waals surface area contributed by atoms with E-state index in [0.29, 0.717) is 30.1 Å². The predicted molar refractivity (Wildman–Crippen MR) is 129 cm³/mol. The highest BCUT2D eigenvalue weighted by Gasteiger charge is 2.36. The second-order valence-electron chi connectivity index (χ2n) is 7.28. The van der Waals surface area contributed by atoms with Gasteiger partial charge in [0.2, 0.25) is 11.7 Å². The molecule has 0 saturated carbocycles. The lowest BCUT2D eigenvalue weighted by atomic mass is 9.93. The monoisotopic (exact) mass is 463 g/mol. The fourth-order valence-corrected chi connectivity index (χ4v) is 5.81. The van der Waals surface area contributed by atoms with Crippen LogP contribution in [0.3, 0.4) is 0 Å². The summed E-state index contributed by atoms with van der Waals surface area (Å²) >= 11 is 3.11. The molecule has 1 amide bonds. The van der Waals surface area contributed by atoms with Gasteiger partial charge in [-0.25, -0.2) is 0 Å². The molecule has 1 atom stereocenters. The van der Waals surface area contributed by atoms with Crippen molar-refractivity contribution in [3.05, 3.63) is 46.8 Å². The van der Waals surface area contributed by atoms with E-state index in [1.54, 1.807) is 50.9 Å². The normalized spacial score (nSPS) is 19.4. The zero-order valence-corrected chi connectivity index (χ0v) is 20.3. The van der Waals surface area contributed by atoms with Crippen LogP contribution in [0.1, 0.15) is 24.5 Å². The van der Waals surface area contributed by atoms with Crippen molar-refractivity contribution in [2.24, 2.45) is 0 Å². The van der Waals surface area contributed by atoms with Gasteiger partial charge in [-0.2, -0.15) is 0 Å². The van der Waals surface area contributed by atoms with Crippen LogP contribution in [-0.4, -0.2) is 55.0 Å². The molecule has 8 heteroatoms. The quantitative estimate of drug-likeness (QED) is 0.607. The highest BCUT2D eigenvalue weighted by Crippen LogP contribution is 2.50. The van der Waals surface area contributed by atoms with Gasteiger partial charge in [0.25, 0.3) is 0 Å². The second kappa shape index (κ2) is 9.53. The molecule has 1 aromatic carbocycles. The summed E-state index contributed by atoms with van der Waals surface area (Å²) in [6, 6.07) is 1.71. The van der Waals surface area contributed by atoms with Gasteiger partial charge >= 0.3 is 0 Å². The second-order valence-corrected chi connectivity index (χ2v) is 9.64. The molecule has 2 N–H and O–H groups in total. The number of allylic oxidation sites excluding steroid dienone is 2. The molecule has 2 aliphatic carbocycles. The number of aliphatic hydroxyl groups excluding tert-OH is 1. The Balaban J connectivity index is 2.37. The van der Waals surface area contributed by atoms with E-state index < -0.39 is 4.08 Å². The number of ether oxygens (including phenoxy) is 3. The lowest BCUT2D eigenvalue weighted by Crippen LogP contribution is -2.34. The Labute approximate surface area is 192 Å². The first-order chi connectivity index (χ1) is 14.8. The largest absolute Gasteiger partial charge is 0.510 e. The molecule has 0 aliphatic heterocycles. The first-order valence-corrected chi connectivity index (χ1v) is 12.3. The van der Waals surface area contributed by atoms with Gasteiger partial charge in [0.05, 0.1) is 27.4 Å². The van der Waals surface area contributed by atoms with E-state index in [2.05, 4.69) is 5.32 Å². The highest BCUT2D eigenvalue weighted by atomic mass is 32.2. The summed E-state index contributed by atoms with van der Waals surface area (Å²) in [6.07, 6.45) is 11.1. The Morgan fingerprint density at radius 3 is 2.39 bits per heavy atom. The van der Waals surface area contributed by atoms with Crippen molar-refractivity contribution in [1.82, 2.24) is 5.32 Å². The summed E-state index contributed by atoms with van der Waals surface area (Å²) in [5.74, 6) is 1.81. The van der Waals surface area contributed by atoms with Crippen LogP contribution < -0.4 is 19.5 Å². The molecule has 0 heterocycles.